The zero-order valence-corrected chi connectivity index (χ0v) is 16.9. The highest BCUT2D eigenvalue weighted by atomic mass is 16.5. The number of fused-ring (bicyclic) bond motifs is 1. The summed E-state index contributed by atoms with van der Waals surface area (Å²) in [4.78, 5) is 35.9. The lowest BCUT2D eigenvalue weighted by Crippen LogP contribution is -2.30. The number of benzene rings is 2. The van der Waals surface area contributed by atoms with Gasteiger partial charge >= 0.3 is 5.97 Å². The molecular weight excluding hydrogens is 370 g/mol. The molecule has 6 heteroatoms. The lowest BCUT2D eigenvalue weighted by molar-refractivity contribution is -0.152. The lowest BCUT2D eigenvalue weighted by Gasteiger charge is -2.13. The molecule has 0 radical (unpaired) electrons. The van der Waals surface area contributed by atoms with Crippen molar-refractivity contribution in [3.05, 3.63) is 64.9 Å². The molecule has 1 amide bonds. The molecule has 0 aliphatic carbocycles. The Balaban J connectivity index is 1.60. The number of furan rings is 1. The third kappa shape index (κ3) is 4.71. The maximum atomic E-state index is 12.3. The molecule has 6 nitrogen and oxygen atoms in total. The van der Waals surface area contributed by atoms with E-state index in [4.69, 9.17) is 9.15 Å². The summed E-state index contributed by atoms with van der Waals surface area (Å²) < 4.78 is 10.8. The van der Waals surface area contributed by atoms with Crippen molar-refractivity contribution >= 4 is 34.3 Å². The van der Waals surface area contributed by atoms with Gasteiger partial charge < -0.3 is 14.5 Å². The first-order chi connectivity index (χ1) is 13.7. The van der Waals surface area contributed by atoms with Crippen LogP contribution in [0.1, 0.15) is 40.9 Å². The van der Waals surface area contributed by atoms with Gasteiger partial charge in [-0.2, -0.15) is 0 Å². The molecule has 0 fully saturated rings. The molecular formula is C23H23NO5. The van der Waals surface area contributed by atoms with E-state index in [1.807, 2.05) is 26.0 Å². The molecule has 1 heterocycles. The Kier molecular flexibility index (Phi) is 5.82. The van der Waals surface area contributed by atoms with Crippen LogP contribution in [0.25, 0.3) is 11.0 Å². The van der Waals surface area contributed by atoms with Crippen LogP contribution in [0.2, 0.25) is 0 Å². The van der Waals surface area contributed by atoms with E-state index in [0.29, 0.717) is 11.3 Å². The standard InChI is InChI=1S/C23H23NO5/c1-13-9-20-18(12-28-21(20)10-14(13)2)11-22(26)29-16(4)23(27)24-19-7-5-17(6-8-19)15(3)25/h5-10,12,16H,11H2,1-4H3,(H,24,27)/t16-/m1/s1. The normalized spacial score (nSPS) is 11.9. The molecule has 3 aromatic rings. The van der Waals surface area contributed by atoms with Gasteiger partial charge in [0.25, 0.3) is 5.91 Å². The highest BCUT2D eigenvalue weighted by Gasteiger charge is 2.20. The molecule has 1 atom stereocenters. The van der Waals surface area contributed by atoms with Crippen molar-refractivity contribution in [3.8, 4) is 0 Å². The first-order valence-electron chi connectivity index (χ1n) is 9.33. The second kappa shape index (κ2) is 8.31. The number of hydrogen-bond acceptors (Lipinski definition) is 5. The van der Waals surface area contributed by atoms with Crippen LogP contribution in [-0.2, 0) is 20.7 Å². The number of esters is 1. The number of Topliss-reactive ketones (excluding diaryl/α,β-unsaturated/α-hetero) is 1. The van der Waals surface area contributed by atoms with Crippen LogP contribution in [0.15, 0.2) is 47.1 Å². The van der Waals surface area contributed by atoms with Crippen molar-refractivity contribution in [3.63, 3.8) is 0 Å². The number of nitrogens with one attached hydrogen (secondary N) is 1. The molecule has 3 rings (SSSR count). The third-order valence-corrected chi connectivity index (χ3v) is 4.84. The second-order valence-electron chi connectivity index (χ2n) is 7.13. The molecule has 0 unspecified atom stereocenters. The number of ether oxygens (including phenoxy) is 1. The number of hydrogen-bond donors (Lipinski definition) is 1. The van der Waals surface area contributed by atoms with E-state index in [9.17, 15) is 14.4 Å². The Labute approximate surface area is 168 Å². The Morgan fingerprint density at radius 1 is 1.07 bits per heavy atom. The quantitative estimate of drug-likeness (QED) is 0.497. The minimum atomic E-state index is -0.961. The molecule has 2 aromatic carbocycles. The smallest absolute Gasteiger partial charge is 0.311 e. The summed E-state index contributed by atoms with van der Waals surface area (Å²) >= 11 is 0. The highest BCUT2D eigenvalue weighted by Crippen LogP contribution is 2.25. The Morgan fingerprint density at radius 2 is 1.72 bits per heavy atom. The molecule has 0 spiro atoms. The van der Waals surface area contributed by atoms with Crippen LogP contribution in [0.5, 0.6) is 0 Å². The molecule has 1 N–H and O–H groups in total. The van der Waals surface area contributed by atoms with Crippen molar-refractivity contribution < 1.29 is 23.5 Å². The average molecular weight is 393 g/mol. The predicted molar refractivity (Wildman–Crippen MR) is 110 cm³/mol. The number of rotatable bonds is 6. The van der Waals surface area contributed by atoms with Crippen LogP contribution in [0.4, 0.5) is 5.69 Å². The predicted octanol–water partition coefficient (Wildman–Crippen LogP) is 4.37. The largest absolute Gasteiger partial charge is 0.464 e. The zero-order chi connectivity index (χ0) is 21.1. The van der Waals surface area contributed by atoms with Gasteiger partial charge in [-0.1, -0.05) is 0 Å². The van der Waals surface area contributed by atoms with Crippen molar-refractivity contribution in [2.75, 3.05) is 5.32 Å². The fourth-order valence-electron chi connectivity index (χ4n) is 2.95. The summed E-state index contributed by atoms with van der Waals surface area (Å²) in [7, 11) is 0. The van der Waals surface area contributed by atoms with Crippen LogP contribution in [-0.4, -0.2) is 23.8 Å². The Bertz CT molecular complexity index is 1080. The fraction of sp³-hybridized carbons (Fsp3) is 0.261. The molecule has 150 valence electrons. The van der Waals surface area contributed by atoms with E-state index >= 15 is 0 Å². The van der Waals surface area contributed by atoms with Crippen LogP contribution < -0.4 is 5.32 Å². The van der Waals surface area contributed by atoms with Crippen LogP contribution >= 0.6 is 0 Å². The zero-order valence-electron chi connectivity index (χ0n) is 16.9. The Hall–Kier alpha value is -3.41. The topological polar surface area (TPSA) is 85.6 Å². The van der Waals surface area contributed by atoms with Gasteiger partial charge in [-0.15, -0.1) is 0 Å². The van der Waals surface area contributed by atoms with Gasteiger partial charge in [0.05, 0.1) is 12.7 Å². The maximum Gasteiger partial charge on any atom is 0.311 e. The molecule has 0 aliphatic rings. The Morgan fingerprint density at radius 3 is 2.38 bits per heavy atom. The summed E-state index contributed by atoms with van der Waals surface area (Å²) in [6, 6.07) is 10.4. The van der Waals surface area contributed by atoms with E-state index in [1.54, 1.807) is 30.5 Å². The van der Waals surface area contributed by atoms with Gasteiger partial charge in [0.15, 0.2) is 11.9 Å². The van der Waals surface area contributed by atoms with Gasteiger partial charge in [-0.3, -0.25) is 14.4 Å². The van der Waals surface area contributed by atoms with E-state index in [0.717, 1.165) is 27.7 Å². The van der Waals surface area contributed by atoms with Crippen LogP contribution in [0, 0.1) is 13.8 Å². The lowest BCUT2D eigenvalue weighted by atomic mass is 10.0. The average Bonchev–Trinajstić information content (AvgIpc) is 3.03. The number of anilines is 1. The number of amides is 1. The maximum absolute atomic E-state index is 12.3. The molecule has 29 heavy (non-hydrogen) atoms. The van der Waals surface area contributed by atoms with E-state index in [2.05, 4.69) is 5.32 Å². The first-order valence-corrected chi connectivity index (χ1v) is 9.33. The van der Waals surface area contributed by atoms with Gasteiger partial charge in [-0.25, -0.2) is 0 Å². The number of aryl methyl sites for hydroxylation is 2. The molecule has 0 aliphatic heterocycles. The SMILES string of the molecule is CC(=O)c1ccc(NC(=O)[C@@H](C)OC(=O)Cc2coc3cc(C)c(C)cc23)cc1. The van der Waals surface area contributed by atoms with Gasteiger partial charge in [0.2, 0.25) is 0 Å². The van der Waals surface area contributed by atoms with Crippen molar-refractivity contribution in [2.45, 2.75) is 40.2 Å². The first kappa shape index (κ1) is 20.3. The highest BCUT2D eigenvalue weighted by molar-refractivity contribution is 5.97. The number of carbonyl (C=O) groups excluding carboxylic acids is 3. The van der Waals surface area contributed by atoms with Gasteiger partial charge in [0, 0.05) is 22.2 Å². The van der Waals surface area contributed by atoms with Crippen LogP contribution in [0.3, 0.4) is 0 Å². The van der Waals surface area contributed by atoms with Gasteiger partial charge in [-0.05, 0) is 75.2 Å². The molecule has 1 aromatic heterocycles. The molecule has 0 saturated carbocycles. The van der Waals surface area contributed by atoms with E-state index in [-0.39, 0.29) is 12.2 Å². The monoisotopic (exact) mass is 393 g/mol. The summed E-state index contributed by atoms with van der Waals surface area (Å²) in [5.74, 6) is -1.01. The fourth-order valence-corrected chi connectivity index (χ4v) is 2.95. The van der Waals surface area contributed by atoms with Crippen molar-refractivity contribution in [1.29, 1.82) is 0 Å². The van der Waals surface area contributed by atoms with Gasteiger partial charge in [0.1, 0.15) is 5.58 Å². The van der Waals surface area contributed by atoms with Crippen molar-refractivity contribution in [2.24, 2.45) is 0 Å². The summed E-state index contributed by atoms with van der Waals surface area (Å²) in [5.41, 5.74) is 4.74. The third-order valence-electron chi connectivity index (χ3n) is 4.84. The van der Waals surface area contributed by atoms with Crippen molar-refractivity contribution in [1.82, 2.24) is 0 Å². The molecule has 0 saturated heterocycles. The molecule has 0 bridgehead atoms. The summed E-state index contributed by atoms with van der Waals surface area (Å²) in [6.07, 6.45) is 0.601. The summed E-state index contributed by atoms with van der Waals surface area (Å²) in [5, 5.41) is 3.54. The van der Waals surface area contributed by atoms with E-state index < -0.39 is 18.0 Å². The van der Waals surface area contributed by atoms with E-state index in [1.165, 1.54) is 13.8 Å². The number of carbonyl (C=O) groups is 3. The number of ketones is 1. The minimum Gasteiger partial charge on any atom is -0.464 e. The minimum absolute atomic E-state index is 0.0143. The second-order valence-corrected chi connectivity index (χ2v) is 7.13. The summed E-state index contributed by atoms with van der Waals surface area (Å²) in [6.45, 7) is 6.98.